The van der Waals surface area contributed by atoms with Gasteiger partial charge in [0.05, 0.1) is 55.7 Å². The first-order valence-electron chi connectivity index (χ1n) is 31.6. The van der Waals surface area contributed by atoms with Gasteiger partial charge in [0.2, 0.25) is 0 Å². The summed E-state index contributed by atoms with van der Waals surface area (Å²) in [7, 11) is 0. The van der Waals surface area contributed by atoms with Crippen molar-refractivity contribution in [2.75, 3.05) is 0 Å². The molecule has 0 bridgehead atoms. The molecule has 0 fully saturated rings. The predicted octanol–water partition coefficient (Wildman–Crippen LogP) is 23.4. The number of hydrogen-bond donors (Lipinski definition) is 0. The molecular formula is C87H66N4. The van der Waals surface area contributed by atoms with Gasteiger partial charge in [-0.25, -0.2) is 0 Å². The quantitative estimate of drug-likeness (QED) is 0.142. The smallest absolute Gasteiger partial charge is 0.101 e. The van der Waals surface area contributed by atoms with Gasteiger partial charge in [-0.3, -0.25) is 0 Å². The van der Waals surface area contributed by atoms with Gasteiger partial charge in [-0.15, -0.1) is 0 Å². The number of fused-ring (bicyclic) bond motifs is 9. The minimum atomic E-state index is -0.143. The maximum Gasteiger partial charge on any atom is 0.101 e. The van der Waals surface area contributed by atoms with Gasteiger partial charge in [0.1, 0.15) is 6.07 Å². The third kappa shape index (κ3) is 9.18. The first-order chi connectivity index (χ1) is 44.4. The van der Waals surface area contributed by atoms with Crippen molar-refractivity contribution >= 4 is 65.4 Å². The second-order valence-corrected chi connectivity index (χ2v) is 26.4. The van der Waals surface area contributed by atoms with Crippen LogP contribution in [0.4, 0.5) is 0 Å². The molecule has 0 unspecified atom stereocenters. The first-order valence-corrected chi connectivity index (χ1v) is 31.6. The van der Waals surface area contributed by atoms with E-state index < -0.39 is 0 Å². The summed E-state index contributed by atoms with van der Waals surface area (Å²) in [6.07, 6.45) is 0. The van der Waals surface area contributed by atoms with Crippen LogP contribution in [0, 0.1) is 11.3 Å². The van der Waals surface area contributed by atoms with E-state index in [0.29, 0.717) is 5.56 Å². The highest BCUT2D eigenvalue weighted by Crippen LogP contribution is 2.53. The van der Waals surface area contributed by atoms with Crippen molar-refractivity contribution in [3.05, 3.63) is 308 Å². The second-order valence-electron chi connectivity index (χ2n) is 26.4. The Morgan fingerprint density at radius 1 is 0.242 bits per heavy atom. The van der Waals surface area contributed by atoms with E-state index in [9.17, 15) is 5.26 Å². The molecule has 13 aromatic carbocycles. The number of benzene rings is 13. The molecule has 16 aromatic rings. The lowest BCUT2D eigenvalue weighted by Crippen LogP contribution is -2.15. The second kappa shape index (κ2) is 21.5. The van der Waals surface area contributed by atoms with Gasteiger partial charge in [0.15, 0.2) is 0 Å². The number of rotatable bonds is 9. The van der Waals surface area contributed by atoms with Crippen molar-refractivity contribution in [3.8, 4) is 89.9 Å². The molecule has 0 aliphatic rings. The van der Waals surface area contributed by atoms with Crippen LogP contribution in [0.5, 0.6) is 0 Å². The van der Waals surface area contributed by atoms with Crippen LogP contribution in [-0.4, -0.2) is 13.7 Å². The fourth-order valence-electron chi connectivity index (χ4n) is 14.2. The maximum absolute atomic E-state index is 12.8. The first kappa shape index (κ1) is 55.1. The maximum atomic E-state index is 12.8. The Morgan fingerprint density at radius 2 is 0.473 bits per heavy atom. The Morgan fingerprint density at radius 3 is 0.725 bits per heavy atom. The standard InChI is InChI=1S/C87H66N4/c1-86(2,3)66-41-47-79-72(53-66)73-54-67(87(4,5)6)42-48-80(73)91(79)85-83(89-75-43-37-62(56-25-13-7-14-26-56)49-68(75)69-50-63(38-44-76(69)89)57-27-15-8-16-28-57)81(60-33-21-11-22-34-60)74(55-88)82(61-35-23-12-24-36-61)84(85)90-77-45-39-64(58-29-17-9-18-30-58)51-70(77)71-52-65(40-46-78(71)90)59-31-19-10-20-32-59/h7-54H,1-6H3. The molecule has 0 atom stereocenters. The molecule has 3 aromatic heterocycles. The Labute approximate surface area is 531 Å². The van der Waals surface area contributed by atoms with Crippen molar-refractivity contribution in [2.45, 2.75) is 52.4 Å². The van der Waals surface area contributed by atoms with Crippen molar-refractivity contribution in [1.82, 2.24) is 13.7 Å². The summed E-state index contributed by atoms with van der Waals surface area (Å²) < 4.78 is 7.62. The molecule has 0 aliphatic heterocycles. The van der Waals surface area contributed by atoms with Crippen LogP contribution in [0.1, 0.15) is 58.2 Å². The highest BCUT2D eigenvalue weighted by atomic mass is 15.1. The summed E-state index contributed by atoms with van der Waals surface area (Å²) in [5.74, 6) is 0. The highest BCUT2D eigenvalue weighted by Gasteiger charge is 2.35. The van der Waals surface area contributed by atoms with E-state index >= 15 is 0 Å². The summed E-state index contributed by atoms with van der Waals surface area (Å²) in [6, 6.07) is 110. The Kier molecular flexibility index (Phi) is 13.0. The fourth-order valence-corrected chi connectivity index (χ4v) is 14.2. The minimum absolute atomic E-state index is 0.143. The van der Waals surface area contributed by atoms with Gasteiger partial charge in [-0.2, -0.15) is 5.26 Å². The van der Waals surface area contributed by atoms with Crippen LogP contribution in [-0.2, 0) is 10.8 Å². The van der Waals surface area contributed by atoms with Crippen molar-refractivity contribution < 1.29 is 0 Å². The topological polar surface area (TPSA) is 38.6 Å². The van der Waals surface area contributed by atoms with Crippen LogP contribution in [0.3, 0.4) is 0 Å². The van der Waals surface area contributed by atoms with Crippen LogP contribution in [0.15, 0.2) is 291 Å². The summed E-state index contributed by atoms with van der Waals surface area (Å²) in [6.45, 7) is 13.9. The Balaban J connectivity index is 1.19. The molecular weight excluding hydrogens is 1100 g/mol. The van der Waals surface area contributed by atoms with Gasteiger partial charge >= 0.3 is 0 Å². The summed E-state index contributed by atoms with van der Waals surface area (Å²) >= 11 is 0. The third-order valence-electron chi connectivity index (χ3n) is 18.8. The lowest BCUT2D eigenvalue weighted by molar-refractivity contribution is 0.590. The monoisotopic (exact) mass is 1170 g/mol. The van der Waals surface area contributed by atoms with Crippen LogP contribution in [0.25, 0.3) is 149 Å². The summed E-state index contributed by atoms with van der Waals surface area (Å²) in [5.41, 5.74) is 24.4. The number of nitrogens with zero attached hydrogens (tertiary/aromatic N) is 4. The Hall–Kier alpha value is -11.3. The SMILES string of the molecule is CC(C)(C)c1ccc2c(c1)c1cc(C(C)(C)C)ccc1n2-c1c(-n2c3ccc(-c4ccccc4)cc3c3cc(-c4ccccc4)ccc32)c(-c2ccccc2)c(C#N)c(-c2ccccc2)c1-n1c2ccc(-c3ccccc3)cc2c2cc(-c3ccccc3)ccc21. The van der Waals surface area contributed by atoms with E-state index in [4.69, 9.17) is 0 Å². The van der Waals surface area contributed by atoms with Crippen molar-refractivity contribution in [2.24, 2.45) is 0 Å². The molecule has 16 rings (SSSR count). The molecule has 0 spiro atoms. The zero-order valence-electron chi connectivity index (χ0n) is 52.0. The molecule has 434 valence electrons. The predicted molar refractivity (Wildman–Crippen MR) is 384 cm³/mol. The molecule has 0 N–H and O–H groups in total. The zero-order valence-corrected chi connectivity index (χ0v) is 52.0. The van der Waals surface area contributed by atoms with Crippen LogP contribution >= 0.6 is 0 Å². The molecule has 4 nitrogen and oxygen atoms in total. The molecule has 91 heavy (non-hydrogen) atoms. The van der Waals surface area contributed by atoms with Gasteiger partial charge in [0, 0.05) is 43.4 Å². The molecule has 0 saturated heterocycles. The molecule has 0 saturated carbocycles. The number of aromatic nitrogens is 3. The third-order valence-corrected chi connectivity index (χ3v) is 18.8. The van der Waals surface area contributed by atoms with E-state index in [2.05, 4.69) is 352 Å². The Bertz CT molecular complexity index is 5030. The highest BCUT2D eigenvalue weighted by molar-refractivity contribution is 6.18. The minimum Gasteiger partial charge on any atom is -0.306 e. The average molecular weight is 1170 g/mol. The lowest BCUT2D eigenvalue weighted by Gasteiger charge is -2.29. The molecule has 0 amide bonds. The summed E-state index contributed by atoms with van der Waals surface area (Å²) in [5, 5.41) is 19.5. The van der Waals surface area contributed by atoms with Gasteiger partial charge in [0.25, 0.3) is 0 Å². The largest absolute Gasteiger partial charge is 0.306 e. The van der Waals surface area contributed by atoms with Crippen LogP contribution < -0.4 is 0 Å². The fraction of sp³-hybridized carbons (Fsp3) is 0.0920. The van der Waals surface area contributed by atoms with Crippen molar-refractivity contribution in [3.63, 3.8) is 0 Å². The van der Waals surface area contributed by atoms with E-state index in [-0.39, 0.29) is 10.8 Å². The molecule has 4 heteroatoms. The average Bonchev–Trinajstić information content (AvgIpc) is 1.60. The van der Waals surface area contributed by atoms with Crippen LogP contribution in [0.2, 0.25) is 0 Å². The lowest BCUT2D eigenvalue weighted by atomic mass is 9.85. The van der Waals surface area contributed by atoms with E-state index in [1.54, 1.807) is 0 Å². The molecule has 3 heterocycles. The van der Waals surface area contributed by atoms with E-state index in [1.165, 1.54) is 21.9 Å². The zero-order chi connectivity index (χ0) is 61.7. The number of nitriles is 1. The van der Waals surface area contributed by atoms with E-state index in [0.717, 1.165) is 138 Å². The summed E-state index contributed by atoms with van der Waals surface area (Å²) in [4.78, 5) is 0. The van der Waals surface area contributed by atoms with E-state index in [1.807, 2.05) is 0 Å². The van der Waals surface area contributed by atoms with Crippen molar-refractivity contribution in [1.29, 1.82) is 5.26 Å². The van der Waals surface area contributed by atoms with Gasteiger partial charge < -0.3 is 13.7 Å². The number of hydrogen-bond acceptors (Lipinski definition) is 1. The van der Waals surface area contributed by atoms with Gasteiger partial charge in [-0.1, -0.05) is 260 Å². The van der Waals surface area contributed by atoms with Gasteiger partial charge in [-0.05, 0) is 150 Å². The molecule has 0 aliphatic carbocycles. The molecule has 0 radical (unpaired) electrons. The normalized spacial score (nSPS) is 12.1.